The lowest BCUT2D eigenvalue weighted by Crippen LogP contribution is -2.40. The molecule has 0 unspecified atom stereocenters. The second-order valence-electron chi connectivity index (χ2n) is 5.80. The minimum atomic E-state index is -1.32. The Kier molecular flexibility index (Phi) is 6.73. The molecule has 0 aliphatic carbocycles. The molecule has 0 bridgehead atoms. The third-order valence-corrected chi connectivity index (χ3v) is 5.48. The van der Waals surface area contributed by atoms with Crippen LogP contribution < -0.4 is 0 Å². The zero-order valence-electron chi connectivity index (χ0n) is 14.4. The van der Waals surface area contributed by atoms with Gasteiger partial charge in [-0.15, -0.1) is 0 Å². The van der Waals surface area contributed by atoms with Gasteiger partial charge in [0.2, 0.25) is 0 Å². The van der Waals surface area contributed by atoms with Crippen molar-refractivity contribution < 1.29 is 28.8 Å². The molecule has 0 N–H and O–H groups in total. The molecule has 1 fully saturated rings. The van der Waals surface area contributed by atoms with Crippen LogP contribution in [0.15, 0.2) is 24.3 Å². The number of hydrogen-bond acceptors (Lipinski definition) is 8. The van der Waals surface area contributed by atoms with Crippen molar-refractivity contribution in [1.82, 2.24) is 0 Å². The normalized spacial score (nSPS) is 18.3. The van der Waals surface area contributed by atoms with Crippen LogP contribution in [0.2, 0.25) is 0 Å². The Morgan fingerprint density at radius 2 is 1.77 bits per heavy atom. The SMILES string of the molecule is COC(=O)C(C(=O)OC)[C@@H](c1ccc([N+](=O)[O-])cc1)[C@@H]1CSCCC1=O. The number of hydrogen-bond donors (Lipinski definition) is 0. The summed E-state index contributed by atoms with van der Waals surface area (Å²) in [5.41, 5.74) is 0.363. The molecule has 0 radical (unpaired) electrons. The summed E-state index contributed by atoms with van der Waals surface area (Å²) in [4.78, 5) is 47.4. The number of nitro benzene ring substituents is 1. The highest BCUT2D eigenvalue weighted by Crippen LogP contribution is 2.39. The number of carbonyl (C=O) groups excluding carboxylic acids is 3. The van der Waals surface area contributed by atoms with Crippen molar-refractivity contribution >= 4 is 35.2 Å². The number of carbonyl (C=O) groups is 3. The van der Waals surface area contributed by atoms with E-state index >= 15 is 0 Å². The highest BCUT2D eigenvalue weighted by molar-refractivity contribution is 7.99. The molecule has 0 aromatic heterocycles. The molecule has 0 saturated carbocycles. The first-order chi connectivity index (χ1) is 12.4. The lowest BCUT2D eigenvalue weighted by atomic mass is 9.75. The van der Waals surface area contributed by atoms with E-state index in [1.807, 2.05) is 0 Å². The van der Waals surface area contributed by atoms with E-state index < -0.39 is 34.6 Å². The maximum atomic E-state index is 12.5. The van der Waals surface area contributed by atoms with Crippen molar-refractivity contribution in [2.24, 2.45) is 11.8 Å². The third kappa shape index (κ3) is 4.21. The smallest absolute Gasteiger partial charge is 0.320 e. The van der Waals surface area contributed by atoms with Crippen molar-refractivity contribution in [3.05, 3.63) is 39.9 Å². The Morgan fingerprint density at radius 3 is 2.23 bits per heavy atom. The van der Waals surface area contributed by atoms with Gasteiger partial charge in [-0.2, -0.15) is 11.8 Å². The van der Waals surface area contributed by atoms with Gasteiger partial charge in [0, 0.05) is 41.9 Å². The van der Waals surface area contributed by atoms with Crippen LogP contribution in [0.1, 0.15) is 17.9 Å². The number of thioether (sulfide) groups is 1. The quantitative estimate of drug-likeness (QED) is 0.318. The lowest BCUT2D eigenvalue weighted by molar-refractivity contribution is -0.384. The highest BCUT2D eigenvalue weighted by atomic mass is 32.2. The fourth-order valence-electron chi connectivity index (χ4n) is 3.08. The molecule has 140 valence electrons. The van der Waals surface area contributed by atoms with E-state index in [0.717, 1.165) is 14.2 Å². The van der Waals surface area contributed by atoms with Crippen LogP contribution in [-0.4, -0.2) is 48.4 Å². The average Bonchev–Trinajstić information content (AvgIpc) is 2.65. The number of nitro groups is 1. The van der Waals surface area contributed by atoms with E-state index in [1.54, 1.807) is 11.8 Å². The van der Waals surface area contributed by atoms with E-state index in [2.05, 4.69) is 0 Å². The summed E-state index contributed by atoms with van der Waals surface area (Å²) in [6.45, 7) is 0. The molecule has 0 spiro atoms. The van der Waals surface area contributed by atoms with Gasteiger partial charge in [0.15, 0.2) is 5.92 Å². The van der Waals surface area contributed by atoms with Crippen LogP contribution >= 0.6 is 11.8 Å². The fourth-order valence-corrected chi connectivity index (χ4v) is 4.24. The first-order valence-corrected chi connectivity index (χ1v) is 9.06. The Labute approximate surface area is 154 Å². The Morgan fingerprint density at radius 1 is 1.19 bits per heavy atom. The first kappa shape index (κ1) is 19.9. The van der Waals surface area contributed by atoms with Crippen LogP contribution in [0.4, 0.5) is 5.69 Å². The molecule has 1 aromatic carbocycles. The van der Waals surface area contributed by atoms with Crippen LogP contribution in [0.5, 0.6) is 0 Å². The van der Waals surface area contributed by atoms with Gasteiger partial charge in [-0.25, -0.2) is 0 Å². The molecule has 1 saturated heterocycles. The predicted octanol–water partition coefficient (Wildman–Crippen LogP) is 1.96. The zero-order chi connectivity index (χ0) is 19.3. The minimum Gasteiger partial charge on any atom is -0.468 e. The van der Waals surface area contributed by atoms with Crippen molar-refractivity contribution in [2.75, 3.05) is 25.7 Å². The monoisotopic (exact) mass is 381 g/mol. The average molecular weight is 381 g/mol. The van der Waals surface area contributed by atoms with Gasteiger partial charge in [-0.1, -0.05) is 12.1 Å². The van der Waals surface area contributed by atoms with Gasteiger partial charge < -0.3 is 9.47 Å². The number of ketones is 1. The number of benzene rings is 1. The molecule has 1 heterocycles. The number of esters is 2. The molecule has 1 aliphatic rings. The van der Waals surface area contributed by atoms with Crippen molar-refractivity contribution in [3.63, 3.8) is 0 Å². The lowest BCUT2D eigenvalue weighted by Gasteiger charge is -2.32. The number of rotatable bonds is 6. The molecule has 1 aliphatic heterocycles. The molecular formula is C17H19NO7S. The Hall–Kier alpha value is -2.42. The van der Waals surface area contributed by atoms with E-state index in [0.29, 0.717) is 23.5 Å². The molecule has 1 aromatic rings. The topological polar surface area (TPSA) is 113 Å². The molecule has 2 rings (SSSR count). The summed E-state index contributed by atoms with van der Waals surface area (Å²) >= 11 is 1.56. The third-order valence-electron chi connectivity index (χ3n) is 4.40. The van der Waals surface area contributed by atoms with E-state index in [-0.39, 0.29) is 11.5 Å². The number of Topliss-reactive ketones (excluding diaryl/α,β-unsaturated/α-hetero) is 1. The predicted molar refractivity (Wildman–Crippen MR) is 93.8 cm³/mol. The fraction of sp³-hybridized carbons (Fsp3) is 0.471. The Bertz CT molecular complexity index is 688. The standard InChI is InChI=1S/C17H19NO7S/c1-24-16(20)15(17(21)25-2)14(12-9-26-8-7-13(12)19)10-3-5-11(6-4-10)18(22)23/h3-6,12,14-15H,7-9H2,1-2H3/t12-,14+/m1/s1. The van der Waals surface area contributed by atoms with E-state index in [9.17, 15) is 24.5 Å². The van der Waals surface area contributed by atoms with Crippen molar-refractivity contribution in [2.45, 2.75) is 12.3 Å². The van der Waals surface area contributed by atoms with E-state index in [1.165, 1.54) is 24.3 Å². The zero-order valence-corrected chi connectivity index (χ0v) is 15.2. The number of ether oxygens (including phenoxy) is 2. The van der Waals surface area contributed by atoms with Gasteiger partial charge in [-0.3, -0.25) is 24.5 Å². The summed E-state index contributed by atoms with van der Waals surface area (Å²) in [7, 11) is 2.31. The van der Waals surface area contributed by atoms with Crippen molar-refractivity contribution in [1.29, 1.82) is 0 Å². The summed E-state index contributed by atoms with van der Waals surface area (Å²) in [6, 6.07) is 5.51. The number of non-ortho nitro benzene ring substituents is 1. The maximum Gasteiger partial charge on any atom is 0.320 e. The molecule has 0 amide bonds. The van der Waals surface area contributed by atoms with Crippen LogP contribution in [0, 0.1) is 22.0 Å². The summed E-state index contributed by atoms with van der Waals surface area (Å²) in [5.74, 6) is -3.24. The van der Waals surface area contributed by atoms with Gasteiger partial charge in [0.25, 0.3) is 5.69 Å². The minimum absolute atomic E-state index is 0.0510. The summed E-state index contributed by atoms with van der Waals surface area (Å²) < 4.78 is 9.52. The largest absolute Gasteiger partial charge is 0.468 e. The summed E-state index contributed by atoms with van der Waals surface area (Å²) in [6.07, 6.45) is 0.341. The van der Waals surface area contributed by atoms with E-state index in [4.69, 9.17) is 9.47 Å². The molecule has 2 atom stereocenters. The maximum absolute atomic E-state index is 12.5. The number of methoxy groups -OCH3 is 2. The summed E-state index contributed by atoms with van der Waals surface area (Å²) in [5, 5.41) is 10.9. The Balaban J connectivity index is 2.52. The van der Waals surface area contributed by atoms with Crippen LogP contribution in [0.25, 0.3) is 0 Å². The second kappa shape index (κ2) is 8.79. The van der Waals surface area contributed by atoms with Crippen LogP contribution in [0.3, 0.4) is 0 Å². The van der Waals surface area contributed by atoms with Crippen LogP contribution in [-0.2, 0) is 23.9 Å². The first-order valence-electron chi connectivity index (χ1n) is 7.91. The van der Waals surface area contributed by atoms with Gasteiger partial charge in [0.05, 0.1) is 19.1 Å². The van der Waals surface area contributed by atoms with Gasteiger partial charge >= 0.3 is 11.9 Å². The molecular weight excluding hydrogens is 362 g/mol. The van der Waals surface area contributed by atoms with Gasteiger partial charge in [-0.05, 0) is 5.56 Å². The van der Waals surface area contributed by atoms with Gasteiger partial charge in [0.1, 0.15) is 5.78 Å². The highest BCUT2D eigenvalue weighted by Gasteiger charge is 2.45. The number of nitrogens with zero attached hydrogens (tertiary/aromatic N) is 1. The molecule has 8 nitrogen and oxygen atoms in total. The molecule has 26 heavy (non-hydrogen) atoms. The second-order valence-corrected chi connectivity index (χ2v) is 6.95. The van der Waals surface area contributed by atoms with Crippen molar-refractivity contribution in [3.8, 4) is 0 Å². The molecule has 9 heteroatoms.